The molecule has 0 saturated heterocycles. The van der Waals surface area contributed by atoms with Gasteiger partial charge in [-0.15, -0.1) is 24.0 Å². The Morgan fingerprint density at radius 3 is 2.75 bits per heavy atom. The van der Waals surface area contributed by atoms with E-state index in [0.717, 1.165) is 50.6 Å². The molecule has 28 heavy (non-hydrogen) atoms. The molecule has 0 bridgehead atoms. The van der Waals surface area contributed by atoms with Gasteiger partial charge in [0.2, 0.25) is 0 Å². The number of hydrogen-bond acceptors (Lipinski definition) is 2. The summed E-state index contributed by atoms with van der Waals surface area (Å²) in [5.41, 5.74) is 6.25. The van der Waals surface area contributed by atoms with Crippen LogP contribution in [-0.2, 0) is 12.8 Å². The van der Waals surface area contributed by atoms with Crippen LogP contribution >= 0.6 is 24.0 Å². The van der Waals surface area contributed by atoms with E-state index in [4.69, 9.17) is 4.99 Å². The number of nitrogens with one attached hydrogen (secondary N) is 4. The van der Waals surface area contributed by atoms with E-state index in [1.807, 2.05) is 6.20 Å². The van der Waals surface area contributed by atoms with Crippen molar-refractivity contribution >= 4 is 40.8 Å². The topological polar surface area (TPSA) is 80.9 Å². The SMILES string of the molecule is CCNC(=NCCCc1cn[nH]c1C)NCCc1c[nH]c2cc(C)ccc12.I. The van der Waals surface area contributed by atoms with Gasteiger partial charge in [-0.3, -0.25) is 10.1 Å². The molecule has 152 valence electrons. The Balaban J connectivity index is 0.00000280. The predicted molar refractivity (Wildman–Crippen MR) is 128 cm³/mol. The Morgan fingerprint density at radius 2 is 2.00 bits per heavy atom. The molecule has 0 amide bonds. The summed E-state index contributed by atoms with van der Waals surface area (Å²) in [6.07, 6.45) is 6.99. The molecule has 0 aliphatic carbocycles. The number of benzene rings is 1. The fourth-order valence-corrected chi connectivity index (χ4v) is 3.25. The molecule has 0 unspecified atom stereocenters. The Labute approximate surface area is 184 Å². The second-order valence-corrected chi connectivity index (χ2v) is 6.92. The molecule has 4 N–H and O–H groups in total. The lowest BCUT2D eigenvalue weighted by molar-refractivity contribution is 0.777. The molecule has 0 atom stereocenters. The zero-order chi connectivity index (χ0) is 19.1. The molecule has 0 fully saturated rings. The largest absolute Gasteiger partial charge is 0.361 e. The minimum absolute atomic E-state index is 0. The average Bonchev–Trinajstić information content (AvgIpc) is 3.24. The molecule has 0 saturated carbocycles. The zero-order valence-corrected chi connectivity index (χ0v) is 19.3. The number of hydrogen-bond donors (Lipinski definition) is 4. The normalized spacial score (nSPS) is 11.5. The van der Waals surface area contributed by atoms with Crippen LogP contribution in [0.5, 0.6) is 0 Å². The van der Waals surface area contributed by atoms with Gasteiger partial charge in [0.05, 0.1) is 6.20 Å². The maximum atomic E-state index is 4.69. The number of aliphatic imine (C=N–C) groups is 1. The van der Waals surface area contributed by atoms with Gasteiger partial charge in [0.1, 0.15) is 0 Å². The van der Waals surface area contributed by atoms with Gasteiger partial charge in [0, 0.05) is 42.4 Å². The maximum Gasteiger partial charge on any atom is 0.191 e. The van der Waals surface area contributed by atoms with Gasteiger partial charge in [0.25, 0.3) is 0 Å². The number of fused-ring (bicyclic) bond motifs is 1. The average molecular weight is 494 g/mol. The first-order valence-electron chi connectivity index (χ1n) is 9.75. The molecule has 0 aliphatic heterocycles. The van der Waals surface area contributed by atoms with E-state index in [2.05, 4.69) is 71.0 Å². The fourth-order valence-electron chi connectivity index (χ4n) is 3.25. The number of nitrogens with zero attached hydrogens (tertiary/aromatic N) is 2. The van der Waals surface area contributed by atoms with Crippen molar-refractivity contribution in [1.82, 2.24) is 25.8 Å². The number of aromatic amines is 2. The highest BCUT2D eigenvalue weighted by Crippen LogP contribution is 2.19. The van der Waals surface area contributed by atoms with Crippen LogP contribution in [0.1, 0.15) is 35.7 Å². The summed E-state index contributed by atoms with van der Waals surface area (Å²) in [4.78, 5) is 8.06. The lowest BCUT2D eigenvalue weighted by Gasteiger charge is -2.11. The number of guanidine groups is 1. The summed E-state index contributed by atoms with van der Waals surface area (Å²) in [6, 6.07) is 6.56. The molecular formula is C21H31IN6. The van der Waals surface area contributed by atoms with Gasteiger partial charge >= 0.3 is 0 Å². The minimum atomic E-state index is 0. The van der Waals surface area contributed by atoms with Crippen LogP contribution in [-0.4, -0.2) is 40.8 Å². The summed E-state index contributed by atoms with van der Waals surface area (Å²) in [5, 5.41) is 15.1. The first-order chi connectivity index (χ1) is 13.2. The van der Waals surface area contributed by atoms with Crippen molar-refractivity contribution < 1.29 is 0 Å². The molecule has 3 rings (SSSR count). The molecule has 3 aromatic rings. The van der Waals surface area contributed by atoms with Gasteiger partial charge in [-0.2, -0.15) is 5.10 Å². The van der Waals surface area contributed by atoms with Crippen LogP contribution in [0.4, 0.5) is 0 Å². The Hall–Kier alpha value is -2.03. The number of aromatic nitrogens is 3. The number of halogens is 1. The summed E-state index contributed by atoms with van der Waals surface area (Å²) in [7, 11) is 0. The molecule has 0 aliphatic rings. The summed E-state index contributed by atoms with van der Waals surface area (Å²) >= 11 is 0. The van der Waals surface area contributed by atoms with Crippen LogP contribution in [0.25, 0.3) is 10.9 Å². The second kappa shape index (κ2) is 11.1. The second-order valence-electron chi connectivity index (χ2n) is 6.92. The summed E-state index contributed by atoms with van der Waals surface area (Å²) in [6.45, 7) is 8.78. The minimum Gasteiger partial charge on any atom is -0.361 e. The van der Waals surface area contributed by atoms with Crippen LogP contribution < -0.4 is 10.6 Å². The van der Waals surface area contributed by atoms with Crippen molar-refractivity contribution in [2.24, 2.45) is 4.99 Å². The lowest BCUT2D eigenvalue weighted by atomic mass is 10.1. The van der Waals surface area contributed by atoms with Crippen LogP contribution in [0.3, 0.4) is 0 Å². The molecule has 2 heterocycles. The third kappa shape index (κ3) is 5.98. The monoisotopic (exact) mass is 494 g/mol. The quantitative estimate of drug-likeness (QED) is 0.166. The number of H-pyrrole nitrogens is 2. The van der Waals surface area contributed by atoms with Gasteiger partial charge in [-0.25, -0.2) is 0 Å². The van der Waals surface area contributed by atoms with E-state index in [1.54, 1.807) is 0 Å². The third-order valence-electron chi connectivity index (χ3n) is 4.76. The maximum absolute atomic E-state index is 4.69. The smallest absolute Gasteiger partial charge is 0.191 e. The van der Waals surface area contributed by atoms with E-state index in [1.165, 1.54) is 27.6 Å². The van der Waals surface area contributed by atoms with Crippen molar-refractivity contribution in [3.05, 3.63) is 53.0 Å². The highest BCUT2D eigenvalue weighted by Gasteiger charge is 2.05. The third-order valence-corrected chi connectivity index (χ3v) is 4.76. The Kier molecular flexibility index (Phi) is 8.82. The van der Waals surface area contributed by atoms with E-state index >= 15 is 0 Å². The molecule has 6 nitrogen and oxygen atoms in total. The highest BCUT2D eigenvalue weighted by molar-refractivity contribution is 14.0. The molecular weight excluding hydrogens is 463 g/mol. The van der Waals surface area contributed by atoms with Crippen molar-refractivity contribution in [3.63, 3.8) is 0 Å². The summed E-state index contributed by atoms with van der Waals surface area (Å²) < 4.78 is 0. The number of rotatable bonds is 8. The van der Waals surface area contributed by atoms with Crippen molar-refractivity contribution in [2.75, 3.05) is 19.6 Å². The van der Waals surface area contributed by atoms with Gasteiger partial charge in [0.15, 0.2) is 5.96 Å². The van der Waals surface area contributed by atoms with Crippen molar-refractivity contribution in [2.45, 2.75) is 40.0 Å². The van der Waals surface area contributed by atoms with E-state index < -0.39 is 0 Å². The molecule has 0 radical (unpaired) electrons. The van der Waals surface area contributed by atoms with Crippen LogP contribution in [0.2, 0.25) is 0 Å². The standard InChI is InChI=1S/C21H30N6.HI/c1-4-22-21(23-10-5-6-17-14-26-27-16(17)3)24-11-9-18-13-25-20-12-15(2)7-8-19(18)20;/h7-8,12-14,25H,4-6,9-11H2,1-3H3,(H,26,27)(H2,22,23,24);1H. The fraction of sp³-hybridized carbons (Fsp3) is 0.429. The van der Waals surface area contributed by atoms with Gasteiger partial charge in [-0.05, 0) is 62.8 Å². The van der Waals surface area contributed by atoms with E-state index in [0.29, 0.717) is 0 Å². The molecule has 1 aromatic carbocycles. The van der Waals surface area contributed by atoms with E-state index in [9.17, 15) is 0 Å². The van der Waals surface area contributed by atoms with Gasteiger partial charge < -0.3 is 15.6 Å². The first-order valence-corrected chi connectivity index (χ1v) is 9.75. The van der Waals surface area contributed by atoms with Crippen molar-refractivity contribution in [1.29, 1.82) is 0 Å². The molecule has 0 spiro atoms. The van der Waals surface area contributed by atoms with E-state index in [-0.39, 0.29) is 24.0 Å². The van der Waals surface area contributed by atoms with Crippen LogP contribution in [0.15, 0.2) is 35.6 Å². The molecule has 7 heteroatoms. The predicted octanol–water partition coefficient (Wildman–Crippen LogP) is 3.86. The van der Waals surface area contributed by atoms with Crippen LogP contribution in [0, 0.1) is 13.8 Å². The van der Waals surface area contributed by atoms with Crippen molar-refractivity contribution in [3.8, 4) is 0 Å². The zero-order valence-electron chi connectivity index (χ0n) is 16.9. The van der Waals surface area contributed by atoms with Gasteiger partial charge in [-0.1, -0.05) is 12.1 Å². The molecule has 2 aromatic heterocycles. The highest BCUT2D eigenvalue weighted by atomic mass is 127. The lowest BCUT2D eigenvalue weighted by Crippen LogP contribution is -2.38. The first kappa shape index (κ1) is 22.3. The number of aryl methyl sites for hydroxylation is 3. The summed E-state index contributed by atoms with van der Waals surface area (Å²) in [5.74, 6) is 0.886. The Morgan fingerprint density at radius 1 is 1.14 bits per heavy atom. The Bertz CT molecular complexity index is 895.